The minimum atomic E-state index is -0.563. The molecule has 1 amide bonds. The highest BCUT2D eigenvalue weighted by molar-refractivity contribution is 7.98. The van der Waals surface area contributed by atoms with Crippen LogP contribution in [0.4, 0.5) is 5.82 Å². The molecule has 15 heteroatoms. The molecule has 4 aromatic rings. The predicted molar refractivity (Wildman–Crippen MR) is 117 cm³/mol. The van der Waals surface area contributed by atoms with Crippen LogP contribution in [0.15, 0.2) is 45.5 Å². The van der Waals surface area contributed by atoms with Gasteiger partial charge in [0.2, 0.25) is 11.6 Å². The molecule has 0 aliphatic heterocycles. The Morgan fingerprint density at radius 3 is 2.88 bits per heavy atom. The standard InChI is InChI=1S/C18H19N11O3S/c1-10(11-5-4-6-12(7-11)31-3)21-23-17(30)14-13(8-33-18-24-20-9-28(18)2)29(27-22-14)16-15(19)25-32-26-16/h4-7,9H,8H2,1-3H3,(H2,19,25)(H,23,30)/b21-10-. The zero-order chi connectivity index (χ0) is 23.4. The van der Waals surface area contributed by atoms with E-state index in [1.165, 1.54) is 16.4 Å². The second-order valence-corrected chi connectivity index (χ2v) is 7.60. The number of benzene rings is 1. The van der Waals surface area contributed by atoms with Crippen molar-refractivity contribution in [2.75, 3.05) is 12.8 Å². The van der Waals surface area contributed by atoms with Crippen molar-refractivity contribution < 1.29 is 14.2 Å². The van der Waals surface area contributed by atoms with E-state index in [4.69, 9.17) is 10.5 Å². The molecule has 4 rings (SSSR count). The summed E-state index contributed by atoms with van der Waals surface area (Å²) in [6, 6.07) is 7.32. The number of nitrogens with two attached hydrogens (primary N) is 1. The number of carbonyl (C=O) groups is 1. The Hall–Kier alpha value is -4.27. The first-order valence-electron chi connectivity index (χ1n) is 9.46. The second kappa shape index (κ2) is 9.47. The van der Waals surface area contributed by atoms with Crippen LogP contribution in [0.3, 0.4) is 0 Å². The number of methoxy groups -OCH3 is 1. The number of aromatic nitrogens is 8. The van der Waals surface area contributed by atoms with E-state index in [1.807, 2.05) is 24.3 Å². The number of thioether (sulfide) groups is 1. The van der Waals surface area contributed by atoms with Crippen LogP contribution in [0.1, 0.15) is 28.7 Å². The number of hydrogen-bond donors (Lipinski definition) is 2. The van der Waals surface area contributed by atoms with E-state index < -0.39 is 5.91 Å². The zero-order valence-corrected chi connectivity index (χ0v) is 18.6. The Bertz CT molecular complexity index is 1310. The largest absolute Gasteiger partial charge is 0.497 e. The van der Waals surface area contributed by atoms with Gasteiger partial charge in [-0.2, -0.15) is 9.78 Å². The second-order valence-electron chi connectivity index (χ2n) is 6.65. The maximum absolute atomic E-state index is 12.9. The number of anilines is 1. The van der Waals surface area contributed by atoms with Crippen molar-refractivity contribution in [3.8, 4) is 11.6 Å². The van der Waals surface area contributed by atoms with Crippen molar-refractivity contribution in [3.63, 3.8) is 0 Å². The quantitative estimate of drug-likeness (QED) is 0.212. The fraction of sp³-hybridized carbons (Fsp3) is 0.222. The van der Waals surface area contributed by atoms with E-state index >= 15 is 0 Å². The maximum atomic E-state index is 12.9. The monoisotopic (exact) mass is 469 g/mol. The lowest BCUT2D eigenvalue weighted by atomic mass is 10.1. The number of rotatable bonds is 8. The molecule has 0 saturated carbocycles. The molecule has 0 atom stereocenters. The van der Waals surface area contributed by atoms with Gasteiger partial charge in [-0.25, -0.2) is 10.1 Å². The van der Waals surface area contributed by atoms with Gasteiger partial charge in [-0.05, 0) is 29.4 Å². The van der Waals surface area contributed by atoms with Crippen LogP contribution in [0.2, 0.25) is 0 Å². The van der Waals surface area contributed by atoms with Crippen molar-refractivity contribution >= 4 is 29.2 Å². The molecule has 0 radical (unpaired) electrons. The Labute approximate surface area is 191 Å². The van der Waals surface area contributed by atoms with Crippen LogP contribution in [-0.4, -0.2) is 58.8 Å². The van der Waals surface area contributed by atoms with Crippen molar-refractivity contribution in [2.45, 2.75) is 17.8 Å². The molecule has 1 aromatic carbocycles. The average Bonchev–Trinajstić information content (AvgIpc) is 3.55. The molecule has 0 aliphatic rings. The SMILES string of the molecule is COc1cccc(/C(C)=N\NC(=O)c2nnn(-c3nonc3N)c2CSc2nncn2C)c1. The van der Waals surface area contributed by atoms with Crippen LogP contribution in [0.25, 0.3) is 5.82 Å². The summed E-state index contributed by atoms with van der Waals surface area (Å²) in [5, 5.41) is 28.0. The number of nitrogens with zero attached hydrogens (tertiary/aromatic N) is 9. The van der Waals surface area contributed by atoms with Gasteiger partial charge in [0.05, 0.1) is 18.5 Å². The minimum Gasteiger partial charge on any atom is -0.497 e. The van der Waals surface area contributed by atoms with Crippen LogP contribution >= 0.6 is 11.8 Å². The van der Waals surface area contributed by atoms with Crippen LogP contribution in [-0.2, 0) is 12.8 Å². The van der Waals surface area contributed by atoms with Gasteiger partial charge in [-0.3, -0.25) is 4.79 Å². The molecule has 0 unspecified atom stereocenters. The maximum Gasteiger partial charge on any atom is 0.293 e. The van der Waals surface area contributed by atoms with Crippen molar-refractivity contribution in [3.05, 3.63) is 47.5 Å². The molecule has 0 spiro atoms. The molecule has 33 heavy (non-hydrogen) atoms. The number of carbonyl (C=O) groups excluding carboxylic acids is 1. The summed E-state index contributed by atoms with van der Waals surface area (Å²) in [7, 11) is 3.38. The van der Waals surface area contributed by atoms with Gasteiger partial charge in [0.15, 0.2) is 10.9 Å². The van der Waals surface area contributed by atoms with Gasteiger partial charge < -0.3 is 15.0 Å². The highest BCUT2D eigenvalue weighted by atomic mass is 32.2. The number of hydrazone groups is 1. The van der Waals surface area contributed by atoms with Gasteiger partial charge in [0.1, 0.15) is 12.1 Å². The number of hydrogen-bond acceptors (Lipinski definition) is 12. The summed E-state index contributed by atoms with van der Waals surface area (Å²) in [6.07, 6.45) is 1.57. The third-order valence-electron chi connectivity index (χ3n) is 4.49. The lowest BCUT2D eigenvalue weighted by molar-refractivity contribution is 0.0949. The number of nitrogen functional groups attached to an aromatic ring is 1. The normalized spacial score (nSPS) is 11.5. The molecule has 0 fully saturated rings. The van der Waals surface area contributed by atoms with E-state index in [-0.39, 0.29) is 23.1 Å². The van der Waals surface area contributed by atoms with E-state index in [9.17, 15) is 4.79 Å². The summed E-state index contributed by atoms with van der Waals surface area (Å²) in [6.45, 7) is 1.76. The van der Waals surface area contributed by atoms with Gasteiger partial charge in [0.25, 0.3) is 5.91 Å². The van der Waals surface area contributed by atoms with E-state index in [0.717, 1.165) is 5.56 Å². The Balaban J connectivity index is 1.60. The lowest BCUT2D eigenvalue weighted by Gasteiger charge is -2.06. The molecule has 3 heterocycles. The number of aryl methyl sites for hydroxylation is 1. The third kappa shape index (κ3) is 4.67. The smallest absolute Gasteiger partial charge is 0.293 e. The first-order valence-corrected chi connectivity index (χ1v) is 10.4. The summed E-state index contributed by atoms with van der Waals surface area (Å²) in [5.74, 6) is 0.493. The molecular weight excluding hydrogens is 450 g/mol. The molecule has 0 aliphatic carbocycles. The molecule has 0 saturated heterocycles. The molecule has 3 aromatic heterocycles. The summed E-state index contributed by atoms with van der Waals surface area (Å²) >= 11 is 1.32. The van der Waals surface area contributed by atoms with E-state index in [0.29, 0.717) is 22.3 Å². The number of ether oxygens (including phenoxy) is 1. The highest BCUT2D eigenvalue weighted by Crippen LogP contribution is 2.24. The summed E-state index contributed by atoms with van der Waals surface area (Å²) in [4.78, 5) is 12.9. The fourth-order valence-corrected chi connectivity index (χ4v) is 3.63. The van der Waals surface area contributed by atoms with Gasteiger partial charge in [-0.15, -0.1) is 15.3 Å². The van der Waals surface area contributed by atoms with Crippen LogP contribution < -0.4 is 15.9 Å². The van der Waals surface area contributed by atoms with E-state index in [1.54, 1.807) is 32.0 Å². The molecule has 14 nitrogen and oxygen atoms in total. The average molecular weight is 469 g/mol. The number of nitrogens with one attached hydrogen (secondary N) is 1. The third-order valence-corrected chi connectivity index (χ3v) is 5.54. The Kier molecular flexibility index (Phi) is 6.30. The summed E-state index contributed by atoms with van der Waals surface area (Å²) in [5.41, 5.74) is 10.1. The van der Waals surface area contributed by atoms with E-state index in [2.05, 4.69) is 46.0 Å². The van der Waals surface area contributed by atoms with Gasteiger partial charge >= 0.3 is 0 Å². The highest BCUT2D eigenvalue weighted by Gasteiger charge is 2.24. The molecule has 170 valence electrons. The topological polar surface area (TPSA) is 177 Å². The lowest BCUT2D eigenvalue weighted by Crippen LogP contribution is -2.21. The fourth-order valence-electron chi connectivity index (χ4n) is 2.75. The summed E-state index contributed by atoms with van der Waals surface area (Å²) < 4.78 is 12.9. The van der Waals surface area contributed by atoms with Crippen LogP contribution in [0.5, 0.6) is 5.75 Å². The van der Waals surface area contributed by atoms with Crippen molar-refractivity contribution in [2.24, 2.45) is 12.1 Å². The van der Waals surface area contributed by atoms with Crippen LogP contribution in [0, 0.1) is 0 Å². The molecule has 3 N–H and O–H groups in total. The van der Waals surface area contributed by atoms with Crippen molar-refractivity contribution in [1.29, 1.82) is 0 Å². The van der Waals surface area contributed by atoms with Gasteiger partial charge in [0, 0.05) is 18.4 Å². The zero-order valence-electron chi connectivity index (χ0n) is 17.8. The molecular formula is C18H19N11O3S. The number of amides is 1. The first kappa shape index (κ1) is 21.9. The van der Waals surface area contributed by atoms with Gasteiger partial charge in [-0.1, -0.05) is 29.1 Å². The predicted octanol–water partition coefficient (Wildman–Crippen LogP) is 0.816. The Morgan fingerprint density at radius 2 is 2.18 bits per heavy atom. The Morgan fingerprint density at radius 1 is 1.33 bits per heavy atom. The molecule has 0 bridgehead atoms. The van der Waals surface area contributed by atoms with Crippen molar-refractivity contribution in [1.82, 2.24) is 45.5 Å². The first-order chi connectivity index (χ1) is 16.0. The minimum absolute atomic E-state index is 0.00339.